The quantitative estimate of drug-likeness (QED) is 0.753. The molecule has 1 aliphatic carbocycles. The van der Waals surface area contributed by atoms with E-state index in [1.807, 2.05) is 47.0 Å². The molecule has 0 atom stereocenters. The van der Waals surface area contributed by atoms with Gasteiger partial charge in [-0.15, -0.1) is 0 Å². The normalized spacial score (nSPS) is 13.6. The maximum absolute atomic E-state index is 12.5. The van der Waals surface area contributed by atoms with E-state index < -0.39 is 0 Å². The van der Waals surface area contributed by atoms with E-state index in [0.717, 1.165) is 24.2 Å². The van der Waals surface area contributed by atoms with E-state index in [4.69, 9.17) is 0 Å². The van der Waals surface area contributed by atoms with Crippen molar-refractivity contribution in [2.24, 2.45) is 0 Å². The third-order valence-electron chi connectivity index (χ3n) is 4.20. The average Bonchev–Trinajstić information content (AvgIpc) is 3.41. The second-order valence-corrected chi connectivity index (χ2v) is 6.15. The van der Waals surface area contributed by atoms with Crippen molar-refractivity contribution in [1.29, 1.82) is 0 Å². The van der Waals surface area contributed by atoms with Gasteiger partial charge in [-0.25, -0.2) is 4.98 Å². The zero-order chi connectivity index (χ0) is 17.2. The molecule has 1 aromatic carbocycles. The largest absolute Gasteiger partial charge is 0.342 e. The van der Waals surface area contributed by atoms with E-state index in [2.05, 4.69) is 15.6 Å². The zero-order valence-corrected chi connectivity index (χ0v) is 13.6. The minimum atomic E-state index is -0.334. The fourth-order valence-electron chi connectivity index (χ4n) is 2.83. The Kier molecular flexibility index (Phi) is 3.93. The molecule has 0 radical (unpaired) electrons. The SMILES string of the molecule is O=C(CNC(=O)c1nc(C2CC2)n2ccccc12)Nc1ccccc1. The van der Waals surface area contributed by atoms with Crippen molar-refractivity contribution in [2.75, 3.05) is 11.9 Å². The summed E-state index contributed by atoms with van der Waals surface area (Å²) < 4.78 is 1.97. The molecule has 126 valence electrons. The van der Waals surface area contributed by atoms with Crippen LogP contribution in [0.3, 0.4) is 0 Å². The van der Waals surface area contributed by atoms with Gasteiger partial charge in [0.2, 0.25) is 5.91 Å². The number of carbonyl (C=O) groups is 2. The fraction of sp³-hybridized carbons (Fsp3) is 0.211. The molecular weight excluding hydrogens is 316 g/mol. The predicted octanol–water partition coefficient (Wildman–Crippen LogP) is 2.58. The summed E-state index contributed by atoms with van der Waals surface area (Å²) in [5.74, 6) is 0.747. The number of benzene rings is 1. The van der Waals surface area contributed by atoms with Gasteiger partial charge in [0.1, 0.15) is 5.82 Å². The molecule has 2 aromatic heterocycles. The van der Waals surface area contributed by atoms with Gasteiger partial charge in [-0.05, 0) is 37.1 Å². The summed E-state index contributed by atoms with van der Waals surface area (Å²) in [6, 6.07) is 14.8. The number of pyridine rings is 1. The lowest BCUT2D eigenvalue weighted by Crippen LogP contribution is -2.33. The summed E-state index contributed by atoms with van der Waals surface area (Å²) in [4.78, 5) is 29.0. The van der Waals surface area contributed by atoms with Gasteiger partial charge in [-0.3, -0.25) is 9.59 Å². The van der Waals surface area contributed by atoms with Gasteiger partial charge in [0.25, 0.3) is 5.91 Å². The molecule has 2 N–H and O–H groups in total. The number of para-hydroxylation sites is 1. The van der Waals surface area contributed by atoms with Gasteiger partial charge < -0.3 is 15.0 Å². The summed E-state index contributed by atoms with van der Waals surface area (Å²) in [6.45, 7) is -0.0989. The molecule has 4 rings (SSSR count). The lowest BCUT2D eigenvalue weighted by Gasteiger charge is -2.06. The third-order valence-corrected chi connectivity index (χ3v) is 4.20. The van der Waals surface area contributed by atoms with Crippen molar-refractivity contribution < 1.29 is 9.59 Å². The number of carbonyl (C=O) groups excluding carboxylic acids is 2. The van der Waals surface area contributed by atoms with Crippen LogP contribution in [0, 0.1) is 0 Å². The summed E-state index contributed by atoms with van der Waals surface area (Å²) >= 11 is 0. The molecule has 0 saturated heterocycles. The van der Waals surface area contributed by atoms with Crippen molar-refractivity contribution in [2.45, 2.75) is 18.8 Å². The molecular formula is C19H18N4O2. The van der Waals surface area contributed by atoms with Gasteiger partial charge in [0.05, 0.1) is 12.1 Å². The molecule has 0 unspecified atom stereocenters. The van der Waals surface area contributed by atoms with E-state index in [1.54, 1.807) is 12.1 Å². The van der Waals surface area contributed by atoms with Crippen molar-refractivity contribution >= 4 is 23.0 Å². The van der Waals surface area contributed by atoms with Crippen molar-refractivity contribution in [1.82, 2.24) is 14.7 Å². The molecule has 6 heteroatoms. The highest BCUT2D eigenvalue weighted by atomic mass is 16.2. The minimum absolute atomic E-state index is 0.0989. The summed E-state index contributed by atoms with van der Waals surface area (Å²) in [5.41, 5.74) is 1.84. The van der Waals surface area contributed by atoms with Crippen LogP contribution in [0.4, 0.5) is 5.69 Å². The lowest BCUT2D eigenvalue weighted by atomic mass is 10.3. The highest BCUT2D eigenvalue weighted by molar-refractivity contribution is 6.02. The smallest absolute Gasteiger partial charge is 0.272 e. The Hall–Kier alpha value is -3.15. The number of fused-ring (bicyclic) bond motifs is 1. The Morgan fingerprint density at radius 3 is 2.60 bits per heavy atom. The first-order valence-electron chi connectivity index (χ1n) is 8.32. The molecule has 0 bridgehead atoms. The topological polar surface area (TPSA) is 75.5 Å². The van der Waals surface area contributed by atoms with Crippen LogP contribution in [0.1, 0.15) is 35.1 Å². The number of hydrogen-bond acceptors (Lipinski definition) is 3. The Morgan fingerprint density at radius 1 is 1.08 bits per heavy atom. The Morgan fingerprint density at radius 2 is 1.84 bits per heavy atom. The van der Waals surface area contributed by atoms with E-state index in [9.17, 15) is 9.59 Å². The Balaban J connectivity index is 1.46. The molecule has 3 aromatic rings. The van der Waals surface area contributed by atoms with Crippen LogP contribution in [0.15, 0.2) is 54.7 Å². The first kappa shape index (κ1) is 15.4. The maximum atomic E-state index is 12.5. The van der Waals surface area contributed by atoms with E-state index in [1.165, 1.54) is 0 Å². The number of nitrogens with one attached hydrogen (secondary N) is 2. The number of nitrogens with zero attached hydrogens (tertiary/aromatic N) is 2. The molecule has 0 aliphatic heterocycles. The number of anilines is 1. The summed E-state index contributed by atoms with van der Waals surface area (Å²) in [7, 11) is 0. The third kappa shape index (κ3) is 3.24. The molecule has 2 heterocycles. The number of aromatic nitrogens is 2. The molecule has 0 spiro atoms. The van der Waals surface area contributed by atoms with Crippen LogP contribution in [-0.2, 0) is 4.79 Å². The van der Waals surface area contributed by atoms with Gasteiger partial charge in [0, 0.05) is 17.8 Å². The predicted molar refractivity (Wildman–Crippen MR) is 94.6 cm³/mol. The molecule has 1 aliphatic rings. The van der Waals surface area contributed by atoms with Crippen molar-refractivity contribution in [3.05, 3.63) is 66.2 Å². The number of imidazole rings is 1. The highest BCUT2D eigenvalue weighted by Gasteiger charge is 2.30. The number of amides is 2. The lowest BCUT2D eigenvalue weighted by molar-refractivity contribution is -0.115. The molecule has 1 fully saturated rings. The van der Waals surface area contributed by atoms with E-state index >= 15 is 0 Å². The van der Waals surface area contributed by atoms with Crippen molar-refractivity contribution in [3.8, 4) is 0 Å². The van der Waals surface area contributed by atoms with E-state index in [-0.39, 0.29) is 18.4 Å². The second-order valence-electron chi connectivity index (χ2n) is 6.15. The van der Waals surface area contributed by atoms with Crippen LogP contribution in [0.2, 0.25) is 0 Å². The van der Waals surface area contributed by atoms with Crippen LogP contribution in [0.5, 0.6) is 0 Å². The van der Waals surface area contributed by atoms with E-state index in [0.29, 0.717) is 17.3 Å². The standard InChI is InChI=1S/C19H18N4O2/c24-16(21-14-6-2-1-3-7-14)12-20-19(25)17-15-8-4-5-11-23(15)18(22-17)13-9-10-13/h1-8,11,13H,9-10,12H2,(H,20,25)(H,21,24). The zero-order valence-electron chi connectivity index (χ0n) is 13.6. The Bertz CT molecular complexity index is 929. The monoisotopic (exact) mass is 334 g/mol. The first-order chi connectivity index (χ1) is 12.2. The molecule has 2 amide bonds. The van der Waals surface area contributed by atoms with Crippen LogP contribution < -0.4 is 10.6 Å². The summed E-state index contributed by atoms with van der Waals surface area (Å²) in [5, 5.41) is 5.40. The molecule has 25 heavy (non-hydrogen) atoms. The van der Waals surface area contributed by atoms with Crippen LogP contribution >= 0.6 is 0 Å². The first-order valence-corrected chi connectivity index (χ1v) is 8.32. The van der Waals surface area contributed by atoms with Gasteiger partial charge in [0.15, 0.2) is 5.69 Å². The molecule has 1 saturated carbocycles. The van der Waals surface area contributed by atoms with Gasteiger partial charge in [-0.1, -0.05) is 24.3 Å². The van der Waals surface area contributed by atoms with Crippen molar-refractivity contribution in [3.63, 3.8) is 0 Å². The minimum Gasteiger partial charge on any atom is -0.342 e. The summed E-state index contributed by atoms with van der Waals surface area (Å²) in [6.07, 6.45) is 4.14. The average molecular weight is 334 g/mol. The number of rotatable bonds is 5. The second kappa shape index (κ2) is 6.39. The van der Waals surface area contributed by atoms with Crippen LogP contribution in [0.25, 0.3) is 5.52 Å². The highest BCUT2D eigenvalue weighted by Crippen LogP contribution is 2.39. The Labute approximate surface area is 144 Å². The maximum Gasteiger partial charge on any atom is 0.272 e. The molecule has 6 nitrogen and oxygen atoms in total. The number of hydrogen-bond donors (Lipinski definition) is 2. The van der Waals surface area contributed by atoms with Gasteiger partial charge in [-0.2, -0.15) is 0 Å². The fourth-order valence-corrected chi connectivity index (χ4v) is 2.83. The van der Waals surface area contributed by atoms with Crippen LogP contribution in [-0.4, -0.2) is 27.7 Å². The van der Waals surface area contributed by atoms with Gasteiger partial charge >= 0.3 is 0 Å².